The highest BCUT2D eigenvalue weighted by molar-refractivity contribution is 6.08. The van der Waals surface area contributed by atoms with Crippen LogP contribution < -0.4 is 5.73 Å². The third-order valence-electron chi connectivity index (χ3n) is 3.19. The van der Waals surface area contributed by atoms with Crippen molar-refractivity contribution in [1.29, 1.82) is 0 Å². The average Bonchev–Trinajstić information content (AvgIpc) is 3.04. The highest BCUT2D eigenvalue weighted by atomic mass is 19.1. The lowest BCUT2D eigenvalue weighted by molar-refractivity contribution is 0.627. The predicted molar refractivity (Wildman–Crippen MR) is 62.5 cm³/mol. The van der Waals surface area contributed by atoms with E-state index >= 15 is 0 Å². The topological polar surface area (TPSA) is 38.4 Å². The van der Waals surface area contributed by atoms with Gasteiger partial charge in [0.05, 0.1) is 6.54 Å². The Morgan fingerprint density at radius 1 is 1.19 bits per heavy atom. The molecule has 1 aliphatic carbocycles. The van der Waals surface area contributed by atoms with Gasteiger partial charge in [-0.2, -0.15) is 0 Å². The molecule has 1 fully saturated rings. The SMILES string of the molecule is NC1=NCC(c2ccc(F)cc2)=C1C1CC1. The minimum absolute atomic E-state index is 0.204. The van der Waals surface area contributed by atoms with Crippen LogP contribution in [0, 0.1) is 11.7 Å². The molecule has 0 spiro atoms. The summed E-state index contributed by atoms with van der Waals surface area (Å²) in [6, 6.07) is 6.59. The van der Waals surface area contributed by atoms with Crippen molar-refractivity contribution in [3.05, 3.63) is 41.2 Å². The molecule has 2 aliphatic rings. The quantitative estimate of drug-likeness (QED) is 0.809. The van der Waals surface area contributed by atoms with Crippen molar-refractivity contribution in [2.24, 2.45) is 16.6 Å². The van der Waals surface area contributed by atoms with E-state index in [9.17, 15) is 4.39 Å². The molecule has 1 heterocycles. The highest BCUT2D eigenvalue weighted by Gasteiger charge is 2.33. The molecular weight excluding hydrogens is 203 g/mol. The summed E-state index contributed by atoms with van der Waals surface area (Å²) in [5.74, 6) is 1.07. The summed E-state index contributed by atoms with van der Waals surface area (Å²) in [4.78, 5) is 4.29. The first kappa shape index (κ1) is 9.58. The first-order chi connectivity index (χ1) is 7.75. The van der Waals surface area contributed by atoms with Gasteiger partial charge < -0.3 is 5.73 Å². The Hall–Kier alpha value is -1.64. The summed E-state index contributed by atoms with van der Waals surface area (Å²) >= 11 is 0. The van der Waals surface area contributed by atoms with Crippen LogP contribution in [0.15, 0.2) is 34.8 Å². The second-order valence-electron chi connectivity index (χ2n) is 4.37. The number of rotatable bonds is 2. The normalized spacial score (nSPS) is 20.2. The lowest BCUT2D eigenvalue weighted by Crippen LogP contribution is -2.13. The van der Waals surface area contributed by atoms with Crippen LogP contribution in [-0.4, -0.2) is 12.4 Å². The summed E-state index contributed by atoms with van der Waals surface area (Å²) in [6.45, 7) is 0.642. The van der Waals surface area contributed by atoms with Gasteiger partial charge in [0.15, 0.2) is 0 Å². The van der Waals surface area contributed by atoms with E-state index in [1.54, 1.807) is 12.1 Å². The lowest BCUT2D eigenvalue weighted by Gasteiger charge is -2.06. The number of nitrogens with zero attached hydrogens (tertiary/aromatic N) is 1. The zero-order valence-electron chi connectivity index (χ0n) is 8.91. The largest absolute Gasteiger partial charge is 0.384 e. The Morgan fingerprint density at radius 3 is 2.50 bits per heavy atom. The van der Waals surface area contributed by atoms with Crippen LogP contribution in [0.2, 0.25) is 0 Å². The number of aliphatic imine (C=N–C) groups is 1. The van der Waals surface area contributed by atoms with Crippen molar-refractivity contribution in [3.63, 3.8) is 0 Å². The second kappa shape index (κ2) is 3.44. The minimum atomic E-state index is -0.204. The summed E-state index contributed by atoms with van der Waals surface area (Å²) < 4.78 is 12.8. The van der Waals surface area contributed by atoms with Gasteiger partial charge in [-0.05, 0) is 42.0 Å². The van der Waals surface area contributed by atoms with Gasteiger partial charge in [0, 0.05) is 5.57 Å². The van der Waals surface area contributed by atoms with E-state index in [2.05, 4.69) is 4.99 Å². The fraction of sp³-hybridized carbons (Fsp3) is 0.308. The fourth-order valence-corrected chi connectivity index (χ4v) is 2.21. The summed E-state index contributed by atoms with van der Waals surface area (Å²) in [6.07, 6.45) is 2.41. The van der Waals surface area contributed by atoms with Gasteiger partial charge in [-0.1, -0.05) is 12.1 Å². The number of benzene rings is 1. The Morgan fingerprint density at radius 2 is 1.88 bits per heavy atom. The zero-order valence-corrected chi connectivity index (χ0v) is 8.91. The number of halogens is 1. The number of hydrogen-bond donors (Lipinski definition) is 1. The van der Waals surface area contributed by atoms with E-state index in [1.807, 2.05) is 0 Å². The monoisotopic (exact) mass is 216 g/mol. The average molecular weight is 216 g/mol. The molecular formula is C13H13FN2. The van der Waals surface area contributed by atoms with Crippen molar-refractivity contribution in [2.45, 2.75) is 12.8 Å². The van der Waals surface area contributed by atoms with Crippen LogP contribution in [0.4, 0.5) is 4.39 Å². The smallest absolute Gasteiger partial charge is 0.123 e. The first-order valence-corrected chi connectivity index (χ1v) is 5.55. The van der Waals surface area contributed by atoms with Gasteiger partial charge in [-0.25, -0.2) is 4.39 Å². The molecule has 0 atom stereocenters. The van der Waals surface area contributed by atoms with E-state index in [1.165, 1.54) is 36.1 Å². The molecule has 0 aromatic heterocycles. The summed E-state index contributed by atoms with van der Waals surface area (Å²) in [5, 5.41) is 0. The molecule has 0 bridgehead atoms. The molecule has 0 unspecified atom stereocenters. The Balaban J connectivity index is 2.03. The van der Waals surface area contributed by atoms with Crippen molar-refractivity contribution < 1.29 is 4.39 Å². The van der Waals surface area contributed by atoms with E-state index in [-0.39, 0.29) is 5.82 Å². The van der Waals surface area contributed by atoms with Crippen molar-refractivity contribution in [3.8, 4) is 0 Å². The molecule has 0 radical (unpaired) electrons. The second-order valence-corrected chi connectivity index (χ2v) is 4.37. The molecule has 3 rings (SSSR count). The lowest BCUT2D eigenvalue weighted by atomic mass is 9.98. The molecule has 0 amide bonds. The Kier molecular flexibility index (Phi) is 2.06. The minimum Gasteiger partial charge on any atom is -0.384 e. The van der Waals surface area contributed by atoms with Crippen LogP contribution in [0.1, 0.15) is 18.4 Å². The van der Waals surface area contributed by atoms with Crippen molar-refractivity contribution in [2.75, 3.05) is 6.54 Å². The number of nitrogens with two attached hydrogens (primary N) is 1. The Labute approximate surface area is 93.7 Å². The molecule has 1 aliphatic heterocycles. The number of hydrogen-bond acceptors (Lipinski definition) is 2. The van der Waals surface area contributed by atoms with Crippen molar-refractivity contribution >= 4 is 11.4 Å². The van der Waals surface area contributed by atoms with Crippen LogP contribution in [-0.2, 0) is 0 Å². The van der Waals surface area contributed by atoms with Gasteiger partial charge in [-0.3, -0.25) is 4.99 Å². The third kappa shape index (κ3) is 1.52. The van der Waals surface area contributed by atoms with E-state index in [0.29, 0.717) is 18.3 Å². The highest BCUT2D eigenvalue weighted by Crippen LogP contribution is 2.42. The maximum absolute atomic E-state index is 12.8. The summed E-state index contributed by atoms with van der Waals surface area (Å²) in [7, 11) is 0. The third-order valence-corrected chi connectivity index (χ3v) is 3.19. The van der Waals surface area contributed by atoms with Crippen LogP contribution >= 0.6 is 0 Å². The standard InChI is InChI=1S/C13H13FN2/c14-10-5-3-8(4-6-10)11-7-16-13(15)12(11)9-1-2-9/h3-6,9H,1-2,7H2,(H2,15,16). The fourth-order valence-electron chi connectivity index (χ4n) is 2.21. The van der Waals surface area contributed by atoms with Crippen LogP contribution in [0.25, 0.3) is 5.57 Å². The van der Waals surface area contributed by atoms with Gasteiger partial charge in [-0.15, -0.1) is 0 Å². The maximum Gasteiger partial charge on any atom is 0.123 e. The van der Waals surface area contributed by atoms with Gasteiger partial charge in [0.25, 0.3) is 0 Å². The molecule has 3 heteroatoms. The molecule has 2 nitrogen and oxygen atoms in total. The molecule has 16 heavy (non-hydrogen) atoms. The molecule has 82 valence electrons. The van der Waals surface area contributed by atoms with Gasteiger partial charge in [0.1, 0.15) is 11.7 Å². The van der Waals surface area contributed by atoms with Gasteiger partial charge in [0.2, 0.25) is 0 Å². The van der Waals surface area contributed by atoms with Gasteiger partial charge >= 0.3 is 0 Å². The predicted octanol–water partition coefficient (Wildman–Crippen LogP) is 2.36. The maximum atomic E-state index is 12.8. The van der Waals surface area contributed by atoms with E-state index < -0.39 is 0 Å². The molecule has 1 aromatic rings. The van der Waals surface area contributed by atoms with Crippen LogP contribution in [0.3, 0.4) is 0 Å². The first-order valence-electron chi connectivity index (χ1n) is 5.55. The van der Waals surface area contributed by atoms with Crippen molar-refractivity contribution in [1.82, 2.24) is 0 Å². The zero-order chi connectivity index (χ0) is 11.1. The van der Waals surface area contributed by atoms with Crippen LogP contribution in [0.5, 0.6) is 0 Å². The summed E-state index contributed by atoms with van der Waals surface area (Å²) in [5.41, 5.74) is 9.33. The number of amidine groups is 1. The molecule has 2 N–H and O–H groups in total. The molecule has 1 aromatic carbocycles. The van der Waals surface area contributed by atoms with E-state index in [4.69, 9.17) is 5.73 Å². The van der Waals surface area contributed by atoms with E-state index in [0.717, 1.165) is 5.56 Å². The molecule has 1 saturated carbocycles. The Bertz CT molecular complexity index is 481. The molecule has 0 saturated heterocycles.